The molecule has 17 heavy (non-hydrogen) atoms. The van der Waals surface area contributed by atoms with E-state index in [0.29, 0.717) is 5.01 Å². The van der Waals surface area contributed by atoms with Crippen LogP contribution in [0, 0.1) is 5.82 Å². The second kappa shape index (κ2) is 4.56. The van der Waals surface area contributed by atoms with E-state index in [2.05, 4.69) is 9.97 Å². The molecule has 0 radical (unpaired) electrons. The quantitative estimate of drug-likeness (QED) is 0.863. The van der Waals surface area contributed by atoms with E-state index < -0.39 is 17.8 Å². The van der Waals surface area contributed by atoms with Crippen molar-refractivity contribution in [3.63, 3.8) is 0 Å². The van der Waals surface area contributed by atoms with E-state index in [1.165, 1.54) is 23.7 Å². The van der Waals surface area contributed by atoms with E-state index in [4.69, 9.17) is 10.8 Å². The fraction of sp³-hybridized carbons (Fsp3) is 0.100. The summed E-state index contributed by atoms with van der Waals surface area (Å²) in [6.07, 6.45) is 1.44. The highest BCUT2D eigenvalue weighted by atomic mass is 32.1. The lowest BCUT2D eigenvalue weighted by Crippen LogP contribution is -2.20. The van der Waals surface area contributed by atoms with E-state index in [1.807, 2.05) is 0 Å². The lowest BCUT2D eigenvalue weighted by atomic mass is 10.2. The molecule has 0 fully saturated rings. The van der Waals surface area contributed by atoms with E-state index in [9.17, 15) is 9.18 Å². The van der Waals surface area contributed by atoms with Crippen LogP contribution in [0.25, 0.3) is 10.7 Å². The van der Waals surface area contributed by atoms with Gasteiger partial charge >= 0.3 is 5.97 Å². The molecular formula is C10H8FN3O2S. The Morgan fingerprint density at radius 3 is 3.00 bits per heavy atom. The summed E-state index contributed by atoms with van der Waals surface area (Å²) in [5.74, 6) is -1.68. The van der Waals surface area contributed by atoms with Crippen molar-refractivity contribution in [2.45, 2.75) is 6.04 Å². The fourth-order valence-electron chi connectivity index (χ4n) is 1.21. The number of nitrogens with zero attached hydrogens (tertiary/aromatic N) is 2. The van der Waals surface area contributed by atoms with Crippen LogP contribution in [0.15, 0.2) is 23.7 Å². The normalized spacial score (nSPS) is 12.4. The van der Waals surface area contributed by atoms with Gasteiger partial charge in [0.05, 0.1) is 5.69 Å². The molecule has 2 heterocycles. The highest BCUT2D eigenvalue weighted by Crippen LogP contribution is 2.25. The number of rotatable bonds is 3. The van der Waals surface area contributed by atoms with Crippen molar-refractivity contribution in [3.8, 4) is 10.7 Å². The Hall–Kier alpha value is -1.86. The summed E-state index contributed by atoms with van der Waals surface area (Å²) >= 11 is 1.11. The number of hydrogen-bond donors (Lipinski definition) is 2. The molecule has 1 unspecified atom stereocenters. The van der Waals surface area contributed by atoms with Crippen molar-refractivity contribution in [2.75, 3.05) is 0 Å². The molecule has 0 spiro atoms. The molecular weight excluding hydrogens is 245 g/mol. The predicted octanol–water partition coefficient (Wildman–Crippen LogP) is 1.43. The standard InChI is InChI=1S/C10H8FN3O2S/c11-5-2-1-3-13-8(5)9-14-6(4-17-9)7(12)10(15)16/h1-4,7H,12H2,(H,15,16). The van der Waals surface area contributed by atoms with Gasteiger partial charge < -0.3 is 10.8 Å². The molecule has 0 saturated carbocycles. The minimum atomic E-state index is -1.20. The van der Waals surface area contributed by atoms with Gasteiger partial charge in [-0.25, -0.2) is 9.37 Å². The molecule has 1 atom stereocenters. The Bertz CT molecular complexity index is 558. The number of aromatic nitrogens is 2. The number of hydrogen-bond acceptors (Lipinski definition) is 5. The molecule has 88 valence electrons. The molecule has 2 aromatic rings. The van der Waals surface area contributed by atoms with Crippen LogP contribution in [-0.4, -0.2) is 21.0 Å². The topological polar surface area (TPSA) is 89.1 Å². The zero-order valence-electron chi connectivity index (χ0n) is 8.50. The maximum atomic E-state index is 13.4. The zero-order valence-corrected chi connectivity index (χ0v) is 9.32. The van der Waals surface area contributed by atoms with Gasteiger partial charge in [-0.1, -0.05) is 0 Å². The first kappa shape index (κ1) is 11.6. The summed E-state index contributed by atoms with van der Waals surface area (Å²) in [5.41, 5.74) is 5.69. The summed E-state index contributed by atoms with van der Waals surface area (Å²) in [4.78, 5) is 18.5. The van der Waals surface area contributed by atoms with Crippen LogP contribution in [0.1, 0.15) is 11.7 Å². The predicted molar refractivity (Wildman–Crippen MR) is 59.9 cm³/mol. The van der Waals surface area contributed by atoms with Crippen molar-refractivity contribution in [2.24, 2.45) is 5.73 Å². The number of carboxylic acids is 1. The van der Waals surface area contributed by atoms with Crippen molar-refractivity contribution >= 4 is 17.3 Å². The Kier molecular flexibility index (Phi) is 3.12. The molecule has 0 aliphatic rings. The van der Waals surface area contributed by atoms with E-state index in [0.717, 1.165) is 11.3 Å². The maximum Gasteiger partial charge on any atom is 0.326 e. The van der Waals surface area contributed by atoms with Gasteiger partial charge in [0.15, 0.2) is 5.82 Å². The maximum absolute atomic E-state index is 13.4. The molecule has 5 nitrogen and oxygen atoms in total. The molecule has 0 bridgehead atoms. The minimum Gasteiger partial charge on any atom is -0.480 e. The molecule has 2 aromatic heterocycles. The molecule has 3 N–H and O–H groups in total. The summed E-state index contributed by atoms with van der Waals surface area (Å²) in [5, 5.41) is 10.5. The van der Waals surface area contributed by atoms with Gasteiger partial charge in [0.2, 0.25) is 0 Å². The van der Waals surface area contributed by atoms with Crippen LogP contribution in [0.2, 0.25) is 0 Å². The Morgan fingerprint density at radius 2 is 2.35 bits per heavy atom. The Labute approximate surface area is 99.8 Å². The summed E-state index contributed by atoms with van der Waals surface area (Å²) in [6.45, 7) is 0. The first-order valence-corrected chi connectivity index (χ1v) is 5.52. The third-order valence-corrected chi connectivity index (χ3v) is 2.93. The SMILES string of the molecule is NC(C(=O)O)c1csc(-c2ncccc2F)n1. The molecule has 2 rings (SSSR count). The first-order chi connectivity index (χ1) is 8.09. The van der Waals surface area contributed by atoms with Crippen molar-refractivity contribution in [1.29, 1.82) is 0 Å². The first-order valence-electron chi connectivity index (χ1n) is 4.64. The minimum absolute atomic E-state index is 0.0985. The van der Waals surface area contributed by atoms with E-state index >= 15 is 0 Å². The largest absolute Gasteiger partial charge is 0.480 e. The number of nitrogens with two attached hydrogens (primary N) is 1. The number of halogens is 1. The third-order valence-electron chi connectivity index (χ3n) is 2.07. The molecule has 7 heteroatoms. The number of thiazole rings is 1. The smallest absolute Gasteiger partial charge is 0.326 e. The number of aliphatic carboxylic acids is 1. The molecule has 0 aromatic carbocycles. The summed E-state index contributed by atoms with van der Waals surface area (Å²) in [6, 6.07) is 1.53. The number of carbonyl (C=O) groups is 1. The van der Waals surface area contributed by atoms with Crippen LogP contribution >= 0.6 is 11.3 Å². The van der Waals surface area contributed by atoms with Gasteiger partial charge in [0.25, 0.3) is 0 Å². The fourth-order valence-corrected chi connectivity index (χ4v) is 2.06. The Balaban J connectivity index is 2.37. The average molecular weight is 253 g/mol. The summed E-state index contributed by atoms with van der Waals surface area (Å²) < 4.78 is 13.4. The van der Waals surface area contributed by atoms with Gasteiger partial charge in [0, 0.05) is 11.6 Å². The van der Waals surface area contributed by atoms with Crippen LogP contribution in [0.4, 0.5) is 4.39 Å². The third kappa shape index (κ3) is 2.29. The van der Waals surface area contributed by atoms with Crippen LogP contribution in [-0.2, 0) is 4.79 Å². The van der Waals surface area contributed by atoms with Crippen LogP contribution in [0.5, 0.6) is 0 Å². The van der Waals surface area contributed by atoms with Crippen LogP contribution in [0.3, 0.4) is 0 Å². The van der Waals surface area contributed by atoms with Crippen molar-refractivity contribution < 1.29 is 14.3 Å². The Morgan fingerprint density at radius 1 is 1.59 bits per heavy atom. The van der Waals surface area contributed by atoms with Gasteiger partial charge in [-0.15, -0.1) is 11.3 Å². The molecule has 0 aliphatic carbocycles. The van der Waals surface area contributed by atoms with Crippen molar-refractivity contribution in [3.05, 3.63) is 35.2 Å². The van der Waals surface area contributed by atoms with Crippen LogP contribution < -0.4 is 5.73 Å². The van der Waals surface area contributed by atoms with Gasteiger partial charge in [-0.2, -0.15) is 0 Å². The highest BCUT2D eigenvalue weighted by molar-refractivity contribution is 7.13. The second-order valence-electron chi connectivity index (χ2n) is 3.23. The number of pyridine rings is 1. The van der Waals surface area contributed by atoms with Gasteiger partial charge in [0.1, 0.15) is 16.7 Å². The second-order valence-corrected chi connectivity index (χ2v) is 4.09. The van der Waals surface area contributed by atoms with E-state index in [-0.39, 0.29) is 11.4 Å². The van der Waals surface area contributed by atoms with E-state index in [1.54, 1.807) is 0 Å². The van der Waals surface area contributed by atoms with Crippen molar-refractivity contribution in [1.82, 2.24) is 9.97 Å². The number of carboxylic acid groups (broad SMARTS) is 1. The summed E-state index contributed by atoms with van der Waals surface area (Å²) in [7, 11) is 0. The monoisotopic (exact) mass is 253 g/mol. The average Bonchev–Trinajstić information content (AvgIpc) is 2.77. The zero-order chi connectivity index (χ0) is 12.4. The van der Waals surface area contributed by atoms with Gasteiger partial charge in [-0.05, 0) is 12.1 Å². The van der Waals surface area contributed by atoms with Gasteiger partial charge in [-0.3, -0.25) is 9.78 Å². The lowest BCUT2D eigenvalue weighted by molar-refractivity contribution is -0.138. The molecule has 0 aliphatic heterocycles. The molecule has 0 amide bonds. The highest BCUT2D eigenvalue weighted by Gasteiger charge is 2.19. The molecule has 0 saturated heterocycles. The lowest BCUT2D eigenvalue weighted by Gasteiger charge is -2.00.